The zero-order valence-electron chi connectivity index (χ0n) is 33.3. The first-order valence-corrected chi connectivity index (χ1v) is 21.4. The highest BCUT2D eigenvalue weighted by atomic mass is 32.2. The van der Waals surface area contributed by atoms with Gasteiger partial charge in [0, 0.05) is 24.3 Å². The van der Waals surface area contributed by atoms with E-state index in [2.05, 4.69) is 16.6 Å². The van der Waals surface area contributed by atoms with E-state index in [-0.39, 0.29) is 68.7 Å². The molecule has 0 radical (unpaired) electrons. The quantitative estimate of drug-likeness (QED) is 0.215. The second-order valence-corrected chi connectivity index (χ2v) is 19.6. The van der Waals surface area contributed by atoms with Crippen LogP contribution in [0.4, 0.5) is 4.39 Å². The molecule has 2 aliphatic carbocycles. The number of nitrogens with zero attached hydrogens (tertiary/aromatic N) is 2. The van der Waals surface area contributed by atoms with Crippen LogP contribution in [0.25, 0.3) is 10.8 Å². The summed E-state index contributed by atoms with van der Waals surface area (Å²) in [5.41, 5.74) is -2.16. The number of allylic oxidation sites excluding steroid dienone is 2. The van der Waals surface area contributed by atoms with Gasteiger partial charge >= 0.3 is 5.97 Å². The summed E-state index contributed by atoms with van der Waals surface area (Å²) in [5.74, 6) is -2.83. The third kappa shape index (κ3) is 8.89. The van der Waals surface area contributed by atoms with Crippen LogP contribution in [0.3, 0.4) is 0 Å². The monoisotopic (exact) mass is 797 g/mol. The zero-order valence-corrected chi connectivity index (χ0v) is 34.2. The number of hydrogen-bond acceptors (Lipinski definition) is 10. The Labute approximate surface area is 329 Å². The molecule has 4 aliphatic rings. The number of sulfonamides is 1. The number of fused-ring (bicyclic) bond motifs is 3. The molecule has 14 heteroatoms. The van der Waals surface area contributed by atoms with Crippen molar-refractivity contribution >= 4 is 44.4 Å². The fourth-order valence-electron chi connectivity index (χ4n) is 8.41. The Morgan fingerprint density at radius 2 is 1.84 bits per heavy atom. The predicted octanol–water partition coefficient (Wildman–Crippen LogP) is 6.26. The summed E-state index contributed by atoms with van der Waals surface area (Å²) in [4.78, 5) is 63.0. The normalized spacial score (nSPS) is 29.9. The largest absolute Gasteiger partial charge is 0.478 e. The molecule has 306 valence electrons. The van der Waals surface area contributed by atoms with Crippen LogP contribution in [0.15, 0.2) is 42.5 Å². The van der Waals surface area contributed by atoms with E-state index in [9.17, 15) is 32.0 Å². The Bertz CT molecular complexity index is 1980. The van der Waals surface area contributed by atoms with Crippen molar-refractivity contribution < 1.29 is 46.2 Å². The van der Waals surface area contributed by atoms with Gasteiger partial charge in [0.05, 0.1) is 36.9 Å². The van der Waals surface area contributed by atoms with E-state index in [0.717, 1.165) is 17.2 Å². The number of halogens is 1. The van der Waals surface area contributed by atoms with Crippen molar-refractivity contribution in [2.75, 3.05) is 19.8 Å². The third-order valence-corrected chi connectivity index (χ3v) is 14.0. The number of Topliss-reactive ketones (excluding diaryl/α,β-unsaturated/α-hetero) is 1. The van der Waals surface area contributed by atoms with Gasteiger partial charge in [0.15, 0.2) is 5.78 Å². The van der Waals surface area contributed by atoms with Crippen molar-refractivity contribution in [3.63, 3.8) is 0 Å². The minimum absolute atomic E-state index is 0.00707. The summed E-state index contributed by atoms with van der Waals surface area (Å²) in [6.45, 7) is 10.5. The fourth-order valence-corrected chi connectivity index (χ4v) is 9.86. The highest BCUT2D eigenvalue weighted by molar-refractivity contribution is 7.91. The molecule has 1 aromatic heterocycles. The number of ketones is 1. The van der Waals surface area contributed by atoms with E-state index >= 15 is 0 Å². The van der Waals surface area contributed by atoms with Crippen molar-refractivity contribution in [3.8, 4) is 11.8 Å². The highest BCUT2D eigenvalue weighted by Crippen LogP contribution is 2.58. The van der Waals surface area contributed by atoms with Crippen LogP contribution < -0.4 is 14.2 Å². The second-order valence-electron chi connectivity index (χ2n) is 17.5. The van der Waals surface area contributed by atoms with Gasteiger partial charge in [-0.2, -0.15) is 4.98 Å². The summed E-state index contributed by atoms with van der Waals surface area (Å²) >= 11 is 0. The first kappa shape index (κ1) is 41.6. The van der Waals surface area contributed by atoms with E-state index in [0.29, 0.717) is 25.3 Å². The molecule has 1 N–H and O–H groups in total. The summed E-state index contributed by atoms with van der Waals surface area (Å²) in [7, 11) is -4.34. The van der Waals surface area contributed by atoms with Gasteiger partial charge in [0.1, 0.15) is 23.1 Å². The van der Waals surface area contributed by atoms with Crippen LogP contribution in [0.5, 0.6) is 11.8 Å². The van der Waals surface area contributed by atoms with E-state index in [1.165, 1.54) is 4.90 Å². The number of nitrogens with one attached hydrogen (secondary N) is 1. The zero-order chi connectivity index (χ0) is 40.6. The number of benzene rings is 1. The molecule has 0 unspecified atom stereocenters. The van der Waals surface area contributed by atoms with Gasteiger partial charge in [-0.25, -0.2) is 12.8 Å². The minimum Gasteiger partial charge on any atom is -0.478 e. The molecular weight excluding hydrogens is 742 g/mol. The lowest BCUT2D eigenvalue weighted by Gasteiger charge is -2.32. The molecule has 3 heterocycles. The minimum atomic E-state index is -4.34. The first-order chi connectivity index (χ1) is 26.4. The van der Waals surface area contributed by atoms with Crippen molar-refractivity contribution in [2.24, 2.45) is 29.1 Å². The number of carbonyl (C=O) groups is 4. The van der Waals surface area contributed by atoms with Gasteiger partial charge in [-0.15, -0.1) is 0 Å². The summed E-state index contributed by atoms with van der Waals surface area (Å²) in [5, 5.41) is 1.55. The van der Waals surface area contributed by atoms with Crippen molar-refractivity contribution in [1.82, 2.24) is 14.6 Å². The predicted molar refractivity (Wildman–Crippen MR) is 208 cm³/mol. The number of amides is 2. The number of alkyl halides is 1. The van der Waals surface area contributed by atoms with Crippen molar-refractivity contribution in [1.29, 1.82) is 0 Å². The number of esters is 1. The van der Waals surface area contributed by atoms with Crippen LogP contribution in [-0.4, -0.2) is 84.2 Å². The Morgan fingerprint density at radius 3 is 2.52 bits per heavy atom. The summed E-state index contributed by atoms with van der Waals surface area (Å²) in [6.07, 6.45) is 5.25. The maximum atomic E-state index is 14.9. The van der Waals surface area contributed by atoms with E-state index in [4.69, 9.17) is 14.2 Å². The van der Waals surface area contributed by atoms with Crippen molar-refractivity contribution in [3.05, 3.63) is 42.5 Å². The molecule has 1 aromatic carbocycles. The lowest BCUT2D eigenvalue weighted by molar-refractivity contribution is -0.160. The van der Waals surface area contributed by atoms with Gasteiger partial charge < -0.3 is 19.1 Å². The molecule has 6 rings (SSSR count). The molecule has 56 heavy (non-hydrogen) atoms. The summed E-state index contributed by atoms with van der Waals surface area (Å²) in [6, 6.07) is 8.28. The number of hydrogen-bond donors (Lipinski definition) is 1. The van der Waals surface area contributed by atoms with Gasteiger partial charge in [-0.1, -0.05) is 44.2 Å². The lowest BCUT2D eigenvalue weighted by Crippen LogP contribution is -2.48. The van der Waals surface area contributed by atoms with Gasteiger partial charge in [-0.05, 0) is 95.4 Å². The number of ether oxygens (including phenoxy) is 3. The molecule has 7 atom stereocenters. The van der Waals surface area contributed by atoms with Crippen LogP contribution >= 0.6 is 0 Å². The molecule has 2 aromatic rings. The molecule has 12 nitrogen and oxygen atoms in total. The van der Waals surface area contributed by atoms with E-state index in [1.54, 1.807) is 20.8 Å². The van der Waals surface area contributed by atoms with Crippen molar-refractivity contribution in [2.45, 2.75) is 122 Å². The van der Waals surface area contributed by atoms with Crippen LogP contribution in [0, 0.1) is 29.1 Å². The molecule has 0 spiro atoms. The Kier molecular flexibility index (Phi) is 11.9. The number of carbonyl (C=O) groups excluding carboxylic acids is 4. The van der Waals surface area contributed by atoms with Gasteiger partial charge in [-0.3, -0.25) is 23.9 Å². The standard InChI is InChI=1S/C42H56FN3O9S/c1-7-53-35-19-28-13-9-11-15-31(28)37(44-35)54-30-20-33-34(47)23-42(39(50)45-56(51,52)41(25-43)16-17-41)22-29(42)14-10-8-12-26(2)18-27(3)32(38(49)46(33)24-30)21-36(48)55-40(4,5)6/h9-11,13-15,19,26-27,29-30,32-33H,7-8,12,16-18,20-25H2,1-6H3,(H,45,50)/b14-10-/t26-,27-,29-,30-,32+,33+,42-/m1/s1. The Hall–Kier alpha value is -4.07. The first-order valence-electron chi connectivity index (χ1n) is 19.9. The molecule has 1 saturated heterocycles. The average Bonchev–Trinajstić information content (AvgIpc) is 4.03. The molecule has 0 bridgehead atoms. The molecule has 2 aliphatic heterocycles. The number of aromatic nitrogens is 1. The fraction of sp³-hybridized carbons (Fsp3) is 0.643. The Morgan fingerprint density at radius 1 is 1.11 bits per heavy atom. The molecule has 2 saturated carbocycles. The average molecular weight is 798 g/mol. The van der Waals surface area contributed by atoms with E-state index in [1.807, 2.05) is 56.3 Å². The third-order valence-electron chi connectivity index (χ3n) is 11.9. The summed E-state index contributed by atoms with van der Waals surface area (Å²) < 4.78 is 58.8. The Balaban J connectivity index is 1.36. The highest BCUT2D eigenvalue weighted by Gasteiger charge is 2.63. The maximum Gasteiger partial charge on any atom is 0.307 e. The van der Waals surface area contributed by atoms with Gasteiger partial charge in [0.2, 0.25) is 33.6 Å². The second kappa shape index (κ2) is 16.1. The number of rotatable bonds is 10. The SMILES string of the molecule is CCOc1cc2ccccc2c(O[C@@H]2C[C@H]3C(=O)C[C@]4(C(=O)NS(=O)(=O)C5(CF)CC5)C[C@H]4/C=C\CC[C@@H](C)C[C@@H](C)[C@H](CC(=O)OC(C)(C)C)C(=O)N3C2)n1. The number of pyridine rings is 1. The lowest BCUT2D eigenvalue weighted by atomic mass is 9.82. The smallest absolute Gasteiger partial charge is 0.307 e. The molecular formula is C42H56FN3O9S. The van der Waals surface area contributed by atoms with Crippen LogP contribution in [-0.2, 0) is 33.9 Å². The molecule has 2 amide bonds. The maximum absolute atomic E-state index is 14.9. The van der Waals surface area contributed by atoms with Crippen LogP contribution in [0.2, 0.25) is 0 Å². The van der Waals surface area contributed by atoms with E-state index < -0.39 is 74.1 Å². The molecule has 3 fully saturated rings. The topological polar surface area (TPSA) is 158 Å². The van der Waals surface area contributed by atoms with Gasteiger partial charge in [0.25, 0.3) is 0 Å². The van der Waals surface area contributed by atoms with Crippen LogP contribution in [0.1, 0.15) is 99.3 Å².